The average Bonchev–Trinajstić information content (AvgIpc) is 2.81. The smallest absolute Gasteiger partial charge is 0.323 e. The number of carboxylic acid groups (broad SMARTS) is 1. The number of fused-ring (bicyclic) bond motifs is 1. The minimum absolute atomic E-state index is 0.0285. The van der Waals surface area contributed by atoms with Crippen LogP contribution in [0.25, 0.3) is 10.8 Å². The van der Waals surface area contributed by atoms with Gasteiger partial charge >= 0.3 is 5.97 Å². The lowest BCUT2D eigenvalue weighted by Crippen LogP contribution is -2.50. The lowest BCUT2D eigenvalue weighted by atomic mass is 10.1. The van der Waals surface area contributed by atoms with E-state index < -0.39 is 34.5 Å². The SMILES string of the molecule is COCCN(CC(=O)O)C(=O)C(CCCN=C(N)N)NS(=O)(=O)c1cccc2c(OC)cccc12. The Morgan fingerprint density at radius 2 is 1.83 bits per heavy atom. The molecule has 0 aliphatic rings. The normalized spacial score (nSPS) is 12.2. The summed E-state index contributed by atoms with van der Waals surface area (Å²) in [6.45, 7) is -0.398. The van der Waals surface area contributed by atoms with E-state index >= 15 is 0 Å². The van der Waals surface area contributed by atoms with Crippen LogP contribution in [0.1, 0.15) is 12.8 Å². The molecule has 2 rings (SSSR count). The number of hydrogen-bond donors (Lipinski definition) is 4. The van der Waals surface area contributed by atoms with Gasteiger partial charge in [0.15, 0.2) is 5.96 Å². The maximum Gasteiger partial charge on any atom is 0.323 e. The molecule has 0 spiro atoms. The Bertz CT molecular complexity index is 1170. The van der Waals surface area contributed by atoms with Gasteiger partial charge in [-0.25, -0.2) is 8.42 Å². The first-order valence-corrected chi connectivity index (χ1v) is 12.2. The molecule has 0 heterocycles. The van der Waals surface area contributed by atoms with Crippen LogP contribution in [0.2, 0.25) is 0 Å². The number of nitrogens with two attached hydrogens (primary N) is 2. The second kappa shape index (κ2) is 12.9. The van der Waals surface area contributed by atoms with E-state index in [2.05, 4.69) is 9.71 Å². The number of ether oxygens (including phenoxy) is 2. The van der Waals surface area contributed by atoms with Crippen molar-refractivity contribution in [2.24, 2.45) is 16.5 Å². The standard InChI is InChI=1S/C22H31N5O7S/c1-33-13-12-27(14-20(28)29)21(30)17(8-5-11-25-22(23)24)26-35(31,32)19-10-4-6-15-16(19)7-3-9-18(15)34-2/h3-4,6-7,9-10,17,26H,5,8,11-14H2,1-2H3,(H,28,29)(H4,23,24,25). The molecule has 13 heteroatoms. The molecule has 12 nitrogen and oxygen atoms in total. The Balaban J connectivity index is 2.42. The Hall–Kier alpha value is -3.42. The number of rotatable bonds is 14. The van der Waals surface area contributed by atoms with Crippen molar-refractivity contribution in [3.63, 3.8) is 0 Å². The number of carbonyl (C=O) groups excluding carboxylic acids is 1. The number of guanidine groups is 1. The third-order valence-corrected chi connectivity index (χ3v) is 6.63. The first kappa shape index (κ1) is 27.8. The molecule has 2 aromatic carbocycles. The van der Waals surface area contributed by atoms with Gasteiger partial charge in [-0.05, 0) is 25.0 Å². The van der Waals surface area contributed by atoms with Crippen LogP contribution in [0.4, 0.5) is 0 Å². The maximum absolute atomic E-state index is 13.4. The van der Waals surface area contributed by atoms with Crippen LogP contribution in [0.15, 0.2) is 46.3 Å². The molecule has 0 radical (unpaired) electrons. The van der Waals surface area contributed by atoms with Crippen LogP contribution in [0.5, 0.6) is 5.75 Å². The van der Waals surface area contributed by atoms with Gasteiger partial charge in [0.25, 0.3) is 0 Å². The molecule has 35 heavy (non-hydrogen) atoms. The summed E-state index contributed by atoms with van der Waals surface area (Å²) in [4.78, 5) is 29.4. The second-order valence-corrected chi connectivity index (χ2v) is 9.26. The molecule has 0 aliphatic heterocycles. The van der Waals surface area contributed by atoms with E-state index in [1.54, 1.807) is 30.3 Å². The summed E-state index contributed by atoms with van der Waals surface area (Å²) in [7, 11) is -1.32. The molecular weight excluding hydrogens is 478 g/mol. The number of carboxylic acids is 1. The van der Waals surface area contributed by atoms with E-state index in [-0.39, 0.29) is 43.4 Å². The van der Waals surface area contributed by atoms with Crippen molar-refractivity contribution in [1.29, 1.82) is 0 Å². The summed E-state index contributed by atoms with van der Waals surface area (Å²) in [6, 6.07) is 8.47. The second-order valence-electron chi connectivity index (χ2n) is 7.58. The Kier molecular flexibility index (Phi) is 10.2. The highest BCUT2D eigenvalue weighted by Crippen LogP contribution is 2.30. The maximum atomic E-state index is 13.4. The van der Waals surface area contributed by atoms with E-state index in [0.717, 1.165) is 4.90 Å². The summed E-state index contributed by atoms with van der Waals surface area (Å²) in [5, 5.41) is 10.2. The fourth-order valence-electron chi connectivity index (χ4n) is 3.50. The van der Waals surface area contributed by atoms with Crippen molar-refractivity contribution in [2.45, 2.75) is 23.8 Å². The topological polar surface area (TPSA) is 187 Å². The first-order valence-electron chi connectivity index (χ1n) is 10.7. The molecule has 6 N–H and O–H groups in total. The zero-order valence-electron chi connectivity index (χ0n) is 19.6. The molecule has 0 aromatic heterocycles. The molecule has 0 aliphatic carbocycles. The summed E-state index contributed by atoms with van der Waals surface area (Å²) >= 11 is 0. The van der Waals surface area contributed by atoms with Gasteiger partial charge in [-0.2, -0.15) is 4.72 Å². The van der Waals surface area contributed by atoms with Crippen LogP contribution in [0.3, 0.4) is 0 Å². The van der Waals surface area contributed by atoms with Crippen LogP contribution in [-0.2, 0) is 24.3 Å². The third kappa shape index (κ3) is 7.80. The molecule has 0 saturated carbocycles. The molecule has 0 saturated heterocycles. The summed E-state index contributed by atoms with van der Waals surface area (Å²) in [6.07, 6.45) is 0.303. The zero-order chi connectivity index (χ0) is 26.0. The van der Waals surface area contributed by atoms with E-state index in [4.69, 9.17) is 20.9 Å². The number of aliphatic carboxylic acids is 1. The molecule has 1 unspecified atom stereocenters. The molecule has 2 aromatic rings. The summed E-state index contributed by atoms with van der Waals surface area (Å²) < 4.78 is 39.6. The number of methoxy groups -OCH3 is 2. The van der Waals surface area contributed by atoms with Gasteiger partial charge in [0.2, 0.25) is 15.9 Å². The van der Waals surface area contributed by atoms with Gasteiger partial charge < -0.3 is 30.9 Å². The predicted molar refractivity (Wildman–Crippen MR) is 131 cm³/mol. The fraction of sp³-hybridized carbons (Fsp3) is 0.409. The highest BCUT2D eigenvalue weighted by Gasteiger charge is 2.31. The van der Waals surface area contributed by atoms with Gasteiger partial charge in [-0.1, -0.05) is 24.3 Å². The Labute approximate surface area is 203 Å². The van der Waals surface area contributed by atoms with Crippen molar-refractivity contribution >= 4 is 38.6 Å². The van der Waals surface area contributed by atoms with Gasteiger partial charge in [0, 0.05) is 31.0 Å². The monoisotopic (exact) mass is 509 g/mol. The van der Waals surface area contributed by atoms with Crippen molar-refractivity contribution in [1.82, 2.24) is 9.62 Å². The summed E-state index contributed by atoms with van der Waals surface area (Å²) in [5.74, 6) is -1.57. The number of hydrogen-bond acceptors (Lipinski definition) is 7. The number of benzene rings is 2. The Morgan fingerprint density at radius 3 is 2.46 bits per heavy atom. The molecule has 1 amide bonds. The zero-order valence-corrected chi connectivity index (χ0v) is 20.5. The lowest BCUT2D eigenvalue weighted by Gasteiger charge is -2.26. The highest BCUT2D eigenvalue weighted by molar-refractivity contribution is 7.89. The van der Waals surface area contributed by atoms with E-state index in [1.165, 1.54) is 20.3 Å². The molecule has 1 atom stereocenters. The predicted octanol–water partition coefficient (Wildman–Crippen LogP) is 0.109. The van der Waals surface area contributed by atoms with Crippen LogP contribution >= 0.6 is 0 Å². The number of sulfonamides is 1. The molecule has 192 valence electrons. The average molecular weight is 510 g/mol. The minimum Gasteiger partial charge on any atom is -0.496 e. The fourth-order valence-corrected chi connectivity index (χ4v) is 4.95. The van der Waals surface area contributed by atoms with Gasteiger partial charge in [-0.15, -0.1) is 0 Å². The number of nitrogens with one attached hydrogen (secondary N) is 1. The first-order chi connectivity index (χ1) is 16.6. The van der Waals surface area contributed by atoms with Crippen molar-refractivity contribution in [3.05, 3.63) is 36.4 Å². The van der Waals surface area contributed by atoms with E-state index in [0.29, 0.717) is 16.5 Å². The Morgan fingerprint density at radius 1 is 1.14 bits per heavy atom. The third-order valence-electron chi connectivity index (χ3n) is 5.10. The molecule has 0 fully saturated rings. The van der Waals surface area contributed by atoms with Crippen LogP contribution < -0.4 is 20.9 Å². The lowest BCUT2D eigenvalue weighted by molar-refractivity contribution is -0.145. The molecular formula is C22H31N5O7S. The summed E-state index contributed by atoms with van der Waals surface area (Å²) in [5.41, 5.74) is 10.7. The molecule has 0 bridgehead atoms. The van der Waals surface area contributed by atoms with Crippen molar-refractivity contribution < 1.29 is 32.6 Å². The number of carbonyl (C=O) groups is 2. The number of amides is 1. The van der Waals surface area contributed by atoms with Crippen LogP contribution in [-0.4, -0.2) is 82.8 Å². The quantitative estimate of drug-likeness (QED) is 0.156. The van der Waals surface area contributed by atoms with Crippen molar-refractivity contribution in [2.75, 3.05) is 40.5 Å². The van der Waals surface area contributed by atoms with Crippen molar-refractivity contribution in [3.8, 4) is 5.75 Å². The van der Waals surface area contributed by atoms with Crippen LogP contribution in [0, 0.1) is 0 Å². The largest absolute Gasteiger partial charge is 0.496 e. The van der Waals surface area contributed by atoms with Gasteiger partial charge in [0.1, 0.15) is 18.3 Å². The van der Waals surface area contributed by atoms with E-state index in [1.807, 2.05) is 0 Å². The minimum atomic E-state index is -4.21. The highest BCUT2D eigenvalue weighted by atomic mass is 32.2. The van der Waals surface area contributed by atoms with Gasteiger partial charge in [-0.3, -0.25) is 14.6 Å². The van der Waals surface area contributed by atoms with Gasteiger partial charge in [0.05, 0.1) is 18.6 Å². The van der Waals surface area contributed by atoms with E-state index in [9.17, 15) is 23.1 Å². The number of aliphatic imine (C=N–C) groups is 1. The number of nitrogens with zero attached hydrogens (tertiary/aromatic N) is 2.